The fourth-order valence-electron chi connectivity index (χ4n) is 3.60. The fraction of sp³-hybridized carbons (Fsp3) is 0.138. The Bertz CT molecular complexity index is 1450. The Morgan fingerprint density at radius 2 is 1.13 bits per heavy atom. The number of aromatic carboxylic acids is 1. The van der Waals surface area contributed by atoms with Crippen LogP contribution in [-0.2, 0) is 19.2 Å². The van der Waals surface area contributed by atoms with Gasteiger partial charge in [0.2, 0.25) is 0 Å². The van der Waals surface area contributed by atoms with Gasteiger partial charge in [0.15, 0.2) is 11.5 Å². The molecule has 0 aliphatic heterocycles. The zero-order valence-corrected chi connectivity index (χ0v) is 21.5. The quantitative estimate of drug-likeness (QED) is 0.241. The highest BCUT2D eigenvalue weighted by Gasteiger charge is 2.23. The summed E-state index contributed by atoms with van der Waals surface area (Å²) >= 11 is 0. The smallest absolute Gasteiger partial charge is 0.336 e. The van der Waals surface area contributed by atoms with Gasteiger partial charge in [-0.15, -0.1) is 0 Å². The molecule has 0 saturated carbocycles. The number of hydrogen-bond donors (Lipinski definition) is 1. The zero-order chi connectivity index (χ0) is 28.7. The van der Waals surface area contributed by atoms with Gasteiger partial charge in [0, 0.05) is 39.3 Å². The van der Waals surface area contributed by atoms with Gasteiger partial charge >= 0.3 is 29.8 Å². The highest BCUT2D eigenvalue weighted by Crippen LogP contribution is 2.41. The first-order valence-corrected chi connectivity index (χ1v) is 11.5. The molecule has 0 unspecified atom stereocenters. The van der Waals surface area contributed by atoms with Gasteiger partial charge in [-0.3, -0.25) is 19.2 Å². The second-order valence-corrected chi connectivity index (χ2v) is 8.19. The molecule has 0 spiro atoms. The minimum absolute atomic E-state index is 0.0621. The molecule has 0 bridgehead atoms. The lowest BCUT2D eigenvalue weighted by molar-refractivity contribution is -0.134. The van der Waals surface area contributed by atoms with Crippen LogP contribution in [0.15, 0.2) is 54.6 Å². The largest absolute Gasteiger partial charge is 0.478 e. The SMILES string of the molecule is CC(=O)Oc1cc(C=Cc2ccc(-c3c(C(=O)O)ccc(OC(C)=O)c3OC(C)=O)cc2)cc(OC(C)=O)c1. The summed E-state index contributed by atoms with van der Waals surface area (Å²) in [5, 5.41) is 9.76. The Balaban J connectivity index is 2.01. The maximum absolute atomic E-state index is 12.0. The lowest BCUT2D eigenvalue weighted by atomic mass is 9.96. The van der Waals surface area contributed by atoms with Crippen molar-refractivity contribution in [3.63, 3.8) is 0 Å². The summed E-state index contributed by atoms with van der Waals surface area (Å²) in [6, 6.07) is 13.7. The number of carboxylic acid groups (broad SMARTS) is 1. The summed E-state index contributed by atoms with van der Waals surface area (Å²) in [6.07, 6.45) is 3.43. The lowest BCUT2D eigenvalue weighted by Crippen LogP contribution is -2.10. The van der Waals surface area contributed by atoms with Crippen molar-refractivity contribution in [2.75, 3.05) is 0 Å². The van der Waals surface area contributed by atoms with Crippen LogP contribution < -0.4 is 18.9 Å². The summed E-state index contributed by atoms with van der Waals surface area (Å²) in [5.41, 5.74) is 1.57. The predicted molar refractivity (Wildman–Crippen MR) is 139 cm³/mol. The number of benzene rings is 3. The van der Waals surface area contributed by atoms with Crippen molar-refractivity contribution in [1.29, 1.82) is 0 Å². The third kappa shape index (κ3) is 7.86. The van der Waals surface area contributed by atoms with Crippen molar-refractivity contribution in [1.82, 2.24) is 0 Å². The van der Waals surface area contributed by atoms with Crippen molar-refractivity contribution in [2.45, 2.75) is 27.7 Å². The molecule has 0 fully saturated rings. The summed E-state index contributed by atoms with van der Waals surface area (Å²) in [7, 11) is 0. The Kier molecular flexibility index (Phi) is 8.95. The van der Waals surface area contributed by atoms with E-state index in [0.717, 1.165) is 6.92 Å². The molecule has 0 aliphatic carbocycles. The van der Waals surface area contributed by atoms with Crippen molar-refractivity contribution < 1.29 is 48.0 Å². The van der Waals surface area contributed by atoms with Gasteiger partial charge in [0.05, 0.1) is 5.56 Å². The van der Waals surface area contributed by atoms with Crippen molar-refractivity contribution in [3.8, 4) is 34.1 Å². The molecule has 10 nitrogen and oxygen atoms in total. The molecule has 0 saturated heterocycles. The molecule has 0 atom stereocenters. The average molecular weight is 533 g/mol. The van der Waals surface area contributed by atoms with E-state index in [2.05, 4.69) is 0 Å². The monoisotopic (exact) mass is 532 g/mol. The number of carboxylic acids is 1. The van der Waals surface area contributed by atoms with Crippen LogP contribution in [-0.4, -0.2) is 35.0 Å². The Morgan fingerprint density at radius 1 is 0.615 bits per heavy atom. The van der Waals surface area contributed by atoms with Gasteiger partial charge < -0.3 is 24.1 Å². The van der Waals surface area contributed by atoms with E-state index in [-0.39, 0.29) is 34.1 Å². The first kappa shape index (κ1) is 28.3. The van der Waals surface area contributed by atoms with Crippen LogP contribution in [0.5, 0.6) is 23.0 Å². The molecular formula is C29H24O10. The van der Waals surface area contributed by atoms with Gasteiger partial charge in [-0.1, -0.05) is 36.4 Å². The van der Waals surface area contributed by atoms with E-state index in [9.17, 15) is 29.1 Å². The molecule has 0 heterocycles. The van der Waals surface area contributed by atoms with Crippen LogP contribution >= 0.6 is 0 Å². The molecule has 3 aromatic rings. The summed E-state index contributed by atoms with van der Waals surface area (Å²) < 4.78 is 20.6. The molecular weight excluding hydrogens is 508 g/mol. The number of hydrogen-bond acceptors (Lipinski definition) is 9. The number of esters is 4. The van der Waals surface area contributed by atoms with E-state index in [1.165, 1.54) is 39.0 Å². The number of rotatable bonds is 8. The van der Waals surface area contributed by atoms with Crippen LogP contribution in [0.2, 0.25) is 0 Å². The maximum atomic E-state index is 12.0. The summed E-state index contributed by atoms with van der Waals surface area (Å²) in [6.45, 7) is 4.81. The van der Waals surface area contributed by atoms with Gasteiger partial charge in [-0.05, 0) is 41.0 Å². The zero-order valence-electron chi connectivity index (χ0n) is 21.5. The predicted octanol–water partition coefficient (Wildman–Crippen LogP) is 4.92. The second-order valence-electron chi connectivity index (χ2n) is 8.19. The Labute approximate surface area is 223 Å². The highest BCUT2D eigenvalue weighted by molar-refractivity contribution is 6.00. The molecule has 3 aromatic carbocycles. The topological polar surface area (TPSA) is 143 Å². The fourth-order valence-corrected chi connectivity index (χ4v) is 3.60. The van der Waals surface area contributed by atoms with Crippen molar-refractivity contribution in [2.24, 2.45) is 0 Å². The van der Waals surface area contributed by atoms with E-state index in [4.69, 9.17) is 18.9 Å². The molecule has 0 radical (unpaired) electrons. The molecule has 10 heteroatoms. The van der Waals surface area contributed by atoms with E-state index in [1.807, 2.05) is 0 Å². The Hall–Kier alpha value is -5.25. The lowest BCUT2D eigenvalue weighted by Gasteiger charge is -2.16. The molecule has 0 aliphatic rings. The van der Waals surface area contributed by atoms with Gasteiger partial charge in [-0.25, -0.2) is 4.79 Å². The molecule has 1 N–H and O–H groups in total. The summed E-state index contributed by atoms with van der Waals surface area (Å²) in [4.78, 5) is 58.0. The number of carbonyl (C=O) groups is 5. The molecule has 0 aromatic heterocycles. The van der Waals surface area contributed by atoms with E-state index >= 15 is 0 Å². The summed E-state index contributed by atoms with van der Waals surface area (Å²) in [5.74, 6) is -3.64. The highest BCUT2D eigenvalue weighted by atomic mass is 16.6. The first-order chi connectivity index (χ1) is 18.4. The minimum atomic E-state index is -1.27. The number of ether oxygens (including phenoxy) is 4. The van der Waals surface area contributed by atoms with Crippen LogP contribution in [0.25, 0.3) is 23.3 Å². The molecule has 39 heavy (non-hydrogen) atoms. The van der Waals surface area contributed by atoms with Crippen molar-refractivity contribution in [3.05, 3.63) is 71.3 Å². The average Bonchev–Trinajstić information content (AvgIpc) is 2.82. The van der Waals surface area contributed by atoms with E-state index < -0.39 is 29.8 Å². The third-order valence-electron chi connectivity index (χ3n) is 4.94. The van der Waals surface area contributed by atoms with Crippen LogP contribution in [0.4, 0.5) is 0 Å². The van der Waals surface area contributed by atoms with Gasteiger partial charge in [0.1, 0.15) is 11.5 Å². The Morgan fingerprint density at radius 3 is 1.62 bits per heavy atom. The van der Waals surface area contributed by atoms with Crippen LogP contribution in [0.3, 0.4) is 0 Å². The normalized spacial score (nSPS) is 10.6. The molecule has 0 amide bonds. The van der Waals surface area contributed by atoms with Crippen LogP contribution in [0, 0.1) is 0 Å². The van der Waals surface area contributed by atoms with Crippen molar-refractivity contribution >= 4 is 42.0 Å². The van der Waals surface area contributed by atoms with E-state index in [0.29, 0.717) is 16.7 Å². The van der Waals surface area contributed by atoms with E-state index in [1.54, 1.807) is 48.6 Å². The minimum Gasteiger partial charge on any atom is -0.478 e. The molecule has 200 valence electrons. The second kappa shape index (κ2) is 12.3. The first-order valence-electron chi connectivity index (χ1n) is 11.5. The third-order valence-corrected chi connectivity index (χ3v) is 4.94. The standard InChI is InChI=1S/C29H24O10/c1-16(30)36-23-13-21(14-24(15-23)37-17(2)31)6-5-20-7-9-22(10-8-20)27-25(29(34)35)11-12-26(38-18(3)32)28(27)39-19(4)33/h5-15H,1-4H3,(H,34,35). The maximum Gasteiger partial charge on any atom is 0.336 e. The van der Waals surface area contributed by atoms with Gasteiger partial charge in [0.25, 0.3) is 0 Å². The number of carbonyl (C=O) groups excluding carboxylic acids is 4. The van der Waals surface area contributed by atoms with Gasteiger partial charge in [-0.2, -0.15) is 0 Å². The van der Waals surface area contributed by atoms with Crippen LogP contribution in [0.1, 0.15) is 49.2 Å². The molecule has 3 rings (SSSR count).